The summed E-state index contributed by atoms with van der Waals surface area (Å²) >= 11 is 0. The van der Waals surface area contributed by atoms with Crippen LogP contribution in [0.15, 0.2) is 72.8 Å². The first-order valence-corrected chi connectivity index (χ1v) is 15.4. The Morgan fingerprint density at radius 3 is 2.22 bits per heavy atom. The lowest BCUT2D eigenvalue weighted by atomic mass is 9.84. The number of alkyl halides is 3. The van der Waals surface area contributed by atoms with Crippen molar-refractivity contribution in [3.8, 4) is 5.75 Å². The molecule has 3 amide bonds. The van der Waals surface area contributed by atoms with Crippen molar-refractivity contribution in [3.63, 3.8) is 0 Å². The summed E-state index contributed by atoms with van der Waals surface area (Å²) in [7, 11) is 0. The zero-order chi connectivity index (χ0) is 32.1. The standard InChI is InChI=1S/C33H34F3N7O3/c34-33(35,36)46-28-18-14-25(15-19-28)29(24-10-11-24)37-32(45)43(27-16-12-23(13-17-27)22-4-2-1-3-5-22)20-21-6-8-26(9-7-21)30(44)38-31-39-41-42-40-31/h6-9,12-19,22,24,29H,1-5,10-11,20H2,(H,37,45)(H2,38,39,40,41,42,44). The molecule has 6 rings (SSSR count). The molecule has 1 aromatic heterocycles. The van der Waals surface area contributed by atoms with E-state index in [0.717, 1.165) is 31.2 Å². The van der Waals surface area contributed by atoms with Crippen LogP contribution in [0.4, 0.5) is 29.6 Å². The number of tetrazole rings is 1. The molecular weight excluding hydrogens is 599 g/mol. The van der Waals surface area contributed by atoms with Crippen molar-refractivity contribution in [2.75, 3.05) is 10.2 Å². The first-order chi connectivity index (χ1) is 22.2. The highest BCUT2D eigenvalue weighted by Crippen LogP contribution is 2.42. The highest BCUT2D eigenvalue weighted by atomic mass is 19.4. The quantitative estimate of drug-likeness (QED) is 0.169. The number of nitrogens with zero attached hydrogens (tertiary/aromatic N) is 4. The molecule has 240 valence electrons. The number of carbonyl (C=O) groups is 2. The molecule has 4 aromatic rings. The van der Waals surface area contributed by atoms with Gasteiger partial charge in [0.15, 0.2) is 0 Å². The summed E-state index contributed by atoms with van der Waals surface area (Å²) in [5.74, 6) is 0.0259. The van der Waals surface area contributed by atoms with Crippen LogP contribution in [-0.4, -0.2) is 38.9 Å². The van der Waals surface area contributed by atoms with Crippen LogP contribution in [0, 0.1) is 5.92 Å². The minimum Gasteiger partial charge on any atom is -0.406 e. The van der Waals surface area contributed by atoms with Gasteiger partial charge in [0.2, 0.25) is 0 Å². The van der Waals surface area contributed by atoms with Crippen molar-refractivity contribution in [1.82, 2.24) is 25.9 Å². The maximum Gasteiger partial charge on any atom is 0.573 e. The molecule has 2 saturated carbocycles. The van der Waals surface area contributed by atoms with Gasteiger partial charge in [0.05, 0.1) is 12.6 Å². The summed E-state index contributed by atoms with van der Waals surface area (Å²) in [5, 5.41) is 18.9. The lowest BCUT2D eigenvalue weighted by Crippen LogP contribution is -2.42. The molecule has 10 nitrogen and oxygen atoms in total. The average Bonchev–Trinajstić information content (AvgIpc) is 3.78. The molecule has 3 N–H and O–H groups in total. The normalized spacial score (nSPS) is 16.0. The van der Waals surface area contributed by atoms with Crippen molar-refractivity contribution in [2.45, 2.75) is 69.8 Å². The number of hydrogen-bond acceptors (Lipinski definition) is 6. The van der Waals surface area contributed by atoms with Gasteiger partial charge in [-0.25, -0.2) is 4.79 Å². The summed E-state index contributed by atoms with van der Waals surface area (Å²) in [6.07, 6.45) is 3.03. The number of ether oxygens (including phenoxy) is 1. The van der Waals surface area contributed by atoms with Crippen molar-refractivity contribution in [1.29, 1.82) is 0 Å². The summed E-state index contributed by atoms with van der Waals surface area (Å²) < 4.78 is 42.1. The second kappa shape index (κ2) is 13.6. The van der Waals surface area contributed by atoms with E-state index in [1.807, 2.05) is 12.1 Å². The summed E-state index contributed by atoms with van der Waals surface area (Å²) in [6, 6.07) is 19.9. The number of urea groups is 1. The van der Waals surface area contributed by atoms with Gasteiger partial charge in [-0.15, -0.1) is 18.3 Å². The Labute approximate surface area is 263 Å². The van der Waals surface area contributed by atoms with Gasteiger partial charge >= 0.3 is 12.4 Å². The molecule has 2 fully saturated rings. The number of halogens is 3. The van der Waals surface area contributed by atoms with E-state index >= 15 is 0 Å². The van der Waals surface area contributed by atoms with Crippen LogP contribution in [0.1, 0.15) is 84.0 Å². The second-order valence-corrected chi connectivity index (χ2v) is 11.8. The number of carbonyl (C=O) groups excluding carboxylic acids is 2. The first kappa shape index (κ1) is 31.1. The Bertz CT molecular complexity index is 1600. The van der Waals surface area contributed by atoms with Gasteiger partial charge in [0, 0.05) is 11.3 Å². The Hall–Kier alpha value is -4.94. The highest BCUT2D eigenvalue weighted by Gasteiger charge is 2.35. The third-order valence-corrected chi connectivity index (χ3v) is 8.50. The van der Waals surface area contributed by atoms with Crippen LogP contribution < -0.4 is 20.3 Å². The Balaban J connectivity index is 1.22. The summed E-state index contributed by atoms with van der Waals surface area (Å²) in [4.78, 5) is 28.2. The molecule has 0 bridgehead atoms. The fraction of sp³-hybridized carbons (Fsp3) is 0.364. The molecule has 1 heterocycles. The van der Waals surface area contributed by atoms with Gasteiger partial charge in [-0.05, 0) is 95.8 Å². The third-order valence-electron chi connectivity index (χ3n) is 8.50. The van der Waals surface area contributed by atoms with Gasteiger partial charge in [-0.3, -0.25) is 15.0 Å². The number of hydrogen-bond donors (Lipinski definition) is 3. The van der Waals surface area contributed by atoms with Gasteiger partial charge in [-0.2, -0.15) is 5.21 Å². The Morgan fingerprint density at radius 2 is 1.61 bits per heavy atom. The van der Waals surface area contributed by atoms with E-state index in [4.69, 9.17) is 0 Å². The third kappa shape index (κ3) is 8.01. The molecule has 13 heteroatoms. The van der Waals surface area contributed by atoms with Crippen molar-refractivity contribution in [3.05, 3.63) is 95.1 Å². The fourth-order valence-corrected chi connectivity index (χ4v) is 5.97. The zero-order valence-corrected chi connectivity index (χ0v) is 25.0. The molecule has 2 aliphatic carbocycles. The lowest BCUT2D eigenvalue weighted by Gasteiger charge is -2.28. The first-order valence-electron chi connectivity index (χ1n) is 15.4. The Morgan fingerprint density at radius 1 is 0.913 bits per heavy atom. The van der Waals surface area contributed by atoms with E-state index in [0.29, 0.717) is 22.7 Å². The van der Waals surface area contributed by atoms with Crippen LogP contribution in [-0.2, 0) is 6.54 Å². The molecule has 0 saturated heterocycles. The van der Waals surface area contributed by atoms with Gasteiger partial charge in [0.1, 0.15) is 5.75 Å². The molecule has 0 aliphatic heterocycles. The number of rotatable bonds is 10. The largest absolute Gasteiger partial charge is 0.573 e. The molecule has 3 aromatic carbocycles. The van der Waals surface area contributed by atoms with Crippen LogP contribution in [0.5, 0.6) is 5.75 Å². The minimum absolute atomic E-state index is 0.0568. The van der Waals surface area contributed by atoms with Gasteiger partial charge in [-0.1, -0.05) is 60.8 Å². The van der Waals surface area contributed by atoms with Gasteiger partial charge in [0.25, 0.3) is 11.9 Å². The topological polar surface area (TPSA) is 125 Å². The molecule has 0 radical (unpaired) electrons. The average molecular weight is 634 g/mol. The predicted molar refractivity (Wildman–Crippen MR) is 164 cm³/mol. The summed E-state index contributed by atoms with van der Waals surface area (Å²) in [6.45, 7) is 0.219. The lowest BCUT2D eigenvalue weighted by molar-refractivity contribution is -0.274. The molecule has 46 heavy (non-hydrogen) atoms. The number of aromatic amines is 1. The fourth-order valence-electron chi connectivity index (χ4n) is 5.97. The number of aromatic nitrogens is 4. The highest BCUT2D eigenvalue weighted by molar-refractivity contribution is 6.03. The van der Waals surface area contributed by atoms with E-state index in [1.165, 1.54) is 37.0 Å². The number of amides is 3. The SMILES string of the molecule is O=C(Nc1nn[nH]n1)c1ccc(CN(C(=O)NC(c2ccc(OC(F)(F)F)cc2)C2CC2)c2ccc(C3CCCCC3)cc2)cc1. The molecular formula is C33H34F3N7O3. The number of anilines is 2. The van der Waals surface area contributed by atoms with Crippen LogP contribution in [0.2, 0.25) is 0 Å². The molecule has 0 spiro atoms. The molecule has 1 atom stereocenters. The zero-order valence-electron chi connectivity index (χ0n) is 25.0. The van der Waals surface area contributed by atoms with E-state index in [1.54, 1.807) is 41.3 Å². The molecule has 2 aliphatic rings. The molecule has 1 unspecified atom stereocenters. The maximum atomic E-state index is 14.0. The predicted octanol–water partition coefficient (Wildman–Crippen LogP) is 7.27. The number of H-pyrrole nitrogens is 1. The monoisotopic (exact) mass is 633 g/mol. The van der Waals surface area contributed by atoms with E-state index in [-0.39, 0.29) is 36.2 Å². The van der Waals surface area contributed by atoms with Crippen molar-refractivity contribution >= 4 is 23.6 Å². The minimum atomic E-state index is -4.78. The van der Waals surface area contributed by atoms with E-state index in [2.05, 4.69) is 48.1 Å². The smallest absolute Gasteiger partial charge is 0.406 e. The number of nitrogens with one attached hydrogen (secondary N) is 3. The second-order valence-electron chi connectivity index (χ2n) is 11.8. The van der Waals surface area contributed by atoms with E-state index < -0.39 is 12.3 Å². The van der Waals surface area contributed by atoms with Gasteiger partial charge < -0.3 is 10.1 Å². The van der Waals surface area contributed by atoms with Crippen LogP contribution >= 0.6 is 0 Å². The van der Waals surface area contributed by atoms with E-state index in [9.17, 15) is 22.8 Å². The maximum absolute atomic E-state index is 14.0. The summed E-state index contributed by atoms with van der Waals surface area (Å²) in [5.41, 5.74) is 3.85. The number of benzene rings is 3. The van der Waals surface area contributed by atoms with Crippen LogP contribution in [0.3, 0.4) is 0 Å². The van der Waals surface area contributed by atoms with Crippen molar-refractivity contribution in [2.24, 2.45) is 5.92 Å². The van der Waals surface area contributed by atoms with Crippen LogP contribution in [0.25, 0.3) is 0 Å². The van der Waals surface area contributed by atoms with Crippen molar-refractivity contribution < 1.29 is 27.5 Å². The Kier molecular flexibility index (Phi) is 9.18.